The number of esters is 1. The molecule has 0 atom stereocenters. The summed E-state index contributed by atoms with van der Waals surface area (Å²) in [7, 11) is 0. The highest BCUT2D eigenvalue weighted by Crippen LogP contribution is 2.11. The first-order valence-corrected chi connectivity index (χ1v) is 8.07. The molecule has 0 saturated carbocycles. The van der Waals surface area contributed by atoms with Crippen molar-refractivity contribution in [3.05, 3.63) is 12.7 Å². The second-order valence-corrected chi connectivity index (χ2v) is 5.25. The summed E-state index contributed by atoms with van der Waals surface area (Å²) in [5.41, 5.74) is 0. The molecule has 0 aliphatic carbocycles. The van der Waals surface area contributed by atoms with E-state index in [9.17, 15) is 4.79 Å². The lowest BCUT2D eigenvalue weighted by Gasteiger charge is -2.04. The molecule has 0 aromatic rings. The average molecular weight is 268 g/mol. The molecular formula is C17H32O2. The van der Waals surface area contributed by atoms with Crippen LogP contribution in [0.1, 0.15) is 84.0 Å². The van der Waals surface area contributed by atoms with E-state index in [1.165, 1.54) is 64.2 Å². The largest absolute Gasteiger partial charge is 0.465 e. The van der Waals surface area contributed by atoms with Crippen molar-refractivity contribution in [3.63, 3.8) is 0 Å². The highest BCUT2D eigenvalue weighted by Gasteiger charge is 1.98. The van der Waals surface area contributed by atoms with Gasteiger partial charge in [0.25, 0.3) is 0 Å². The average Bonchev–Trinajstić information content (AvgIpc) is 2.40. The van der Waals surface area contributed by atoms with E-state index < -0.39 is 0 Å². The van der Waals surface area contributed by atoms with Crippen molar-refractivity contribution in [2.24, 2.45) is 0 Å². The van der Waals surface area contributed by atoms with Gasteiger partial charge in [-0.05, 0) is 6.42 Å². The van der Waals surface area contributed by atoms with Crippen LogP contribution in [0.5, 0.6) is 0 Å². The summed E-state index contributed by atoms with van der Waals surface area (Å²) in [5, 5.41) is 0. The maximum Gasteiger partial charge on any atom is 0.309 e. The van der Waals surface area contributed by atoms with Crippen LogP contribution in [0.3, 0.4) is 0 Å². The Morgan fingerprint density at radius 2 is 1.37 bits per heavy atom. The maximum absolute atomic E-state index is 11.0. The fourth-order valence-corrected chi connectivity index (χ4v) is 2.13. The Morgan fingerprint density at radius 3 is 1.84 bits per heavy atom. The third-order valence-electron chi connectivity index (χ3n) is 3.32. The van der Waals surface area contributed by atoms with Gasteiger partial charge in [0.1, 0.15) is 0 Å². The summed E-state index contributed by atoms with van der Waals surface area (Å²) >= 11 is 0. The van der Waals surface area contributed by atoms with Crippen LogP contribution in [0.2, 0.25) is 0 Å². The fourth-order valence-electron chi connectivity index (χ4n) is 2.13. The second-order valence-electron chi connectivity index (χ2n) is 5.25. The number of hydrogen-bond acceptors (Lipinski definition) is 2. The molecule has 0 radical (unpaired) electrons. The molecule has 2 heteroatoms. The topological polar surface area (TPSA) is 26.3 Å². The number of hydrogen-bond donors (Lipinski definition) is 0. The van der Waals surface area contributed by atoms with Gasteiger partial charge in [-0.25, -0.2) is 0 Å². The molecule has 0 unspecified atom stereocenters. The lowest BCUT2D eigenvalue weighted by atomic mass is 10.1. The van der Waals surface area contributed by atoms with Gasteiger partial charge in [0, 0.05) is 0 Å². The molecule has 0 aliphatic heterocycles. The summed E-state index contributed by atoms with van der Waals surface area (Å²) in [6, 6.07) is 0. The minimum Gasteiger partial charge on any atom is -0.465 e. The molecule has 112 valence electrons. The standard InChI is InChI=1S/C17H32O2/c1-3-5-6-7-8-9-10-11-12-13-14-16-19-17(18)15-4-2/h4H,2-3,5-16H2,1H3. The van der Waals surface area contributed by atoms with Gasteiger partial charge in [-0.2, -0.15) is 0 Å². The molecule has 0 heterocycles. The Labute approximate surface area is 119 Å². The zero-order chi connectivity index (χ0) is 14.2. The van der Waals surface area contributed by atoms with Gasteiger partial charge in [-0.15, -0.1) is 6.58 Å². The summed E-state index contributed by atoms with van der Waals surface area (Å²) < 4.78 is 5.05. The van der Waals surface area contributed by atoms with Gasteiger partial charge in [-0.3, -0.25) is 4.79 Å². The first-order valence-electron chi connectivity index (χ1n) is 8.07. The Bertz CT molecular complexity index is 211. The summed E-state index contributed by atoms with van der Waals surface area (Å²) in [4.78, 5) is 11.0. The predicted octanol–water partition coefficient (Wildman–Crippen LogP) is 5.42. The molecule has 0 aromatic heterocycles. The highest BCUT2D eigenvalue weighted by atomic mass is 16.5. The van der Waals surface area contributed by atoms with Crippen molar-refractivity contribution in [3.8, 4) is 0 Å². The molecule has 0 aromatic carbocycles. The minimum atomic E-state index is -0.151. The molecule has 0 fully saturated rings. The fraction of sp³-hybridized carbons (Fsp3) is 0.824. The zero-order valence-electron chi connectivity index (χ0n) is 12.8. The molecule has 0 N–H and O–H groups in total. The molecule has 0 amide bonds. The van der Waals surface area contributed by atoms with Crippen LogP contribution in [0.25, 0.3) is 0 Å². The van der Waals surface area contributed by atoms with Crippen molar-refractivity contribution in [2.45, 2.75) is 84.0 Å². The van der Waals surface area contributed by atoms with Gasteiger partial charge in [0.15, 0.2) is 0 Å². The highest BCUT2D eigenvalue weighted by molar-refractivity contribution is 5.70. The van der Waals surface area contributed by atoms with Gasteiger partial charge < -0.3 is 4.74 Å². The normalized spacial score (nSPS) is 10.4. The smallest absolute Gasteiger partial charge is 0.309 e. The number of unbranched alkanes of at least 4 members (excludes halogenated alkanes) is 10. The van der Waals surface area contributed by atoms with E-state index in [-0.39, 0.29) is 5.97 Å². The van der Waals surface area contributed by atoms with Crippen molar-refractivity contribution >= 4 is 5.97 Å². The number of ether oxygens (including phenoxy) is 1. The number of carbonyl (C=O) groups excluding carboxylic acids is 1. The molecular weight excluding hydrogens is 236 g/mol. The lowest BCUT2D eigenvalue weighted by molar-refractivity contribution is -0.142. The molecule has 0 spiro atoms. The molecule has 0 bridgehead atoms. The minimum absolute atomic E-state index is 0.151. The summed E-state index contributed by atoms with van der Waals surface area (Å²) in [6.45, 7) is 6.34. The van der Waals surface area contributed by atoms with E-state index in [1.54, 1.807) is 6.08 Å². The third-order valence-corrected chi connectivity index (χ3v) is 3.32. The predicted molar refractivity (Wildman–Crippen MR) is 82.2 cm³/mol. The van der Waals surface area contributed by atoms with Crippen LogP contribution in [0.4, 0.5) is 0 Å². The molecule has 0 rings (SSSR count). The summed E-state index contributed by atoms with van der Waals surface area (Å²) in [6.07, 6.45) is 16.4. The van der Waals surface area contributed by atoms with Crippen LogP contribution in [0.15, 0.2) is 12.7 Å². The monoisotopic (exact) mass is 268 g/mol. The van der Waals surface area contributed by atoms with Crippen LogP contribution in [-0.2, 0) is 9.53 Å². The van der Waals surface area contributed by atoms with E-state index in [4.69, 9.17) is 4.74 Å². The van der Waals surface area contributed by atoms with E-state index in [2.05, 4.69) is 13.5 Å². The van der Waals surface area contributed by atoms with Crippen LogP contribution < -0.4 is 0 Å². The molecule has 0 saturated heterocycles. The second kappa shape index (κ2) is 15.3. The van der Waals surface area contributed by atoms with Crippen LogP contribution in [-0.4, -0.2) is 12.6 Å². The number of rotatable bonds is 14. The van der Waals surface area contributed by atoms with E-state index >= 15 is 0 Å². The van der Waals surface area contributed by atoms with Gasteiger partial charge in [-0.1, -0.05) is 77.2 Å². The van der Waals surface area contributed by atoms with Crippen molar-refractivity contribution < 1.29 is 9.53 Å². The van der Waals surface area contributed by atoms with Crippen LogP contribution in [0, 0.1) is 0 Å². The molecule has 19 heavy (non-hydrogen) atoms. The zero-order valence-corrected chi connectivity index (χ0v) is 12.8. The van der Waals surface area contributed by atoms with Crippen LogP contribution >= 0.6 is 0 Å². The molecule has 0 aliphatic rings. The van der Waals surface area contributed by atoms with Gasteiger partial charge >= 0.3 is 5.97 Å². The van der Waals surface area contributed by atoms with Crippen molar-refractivity contribution in [1.29, 1.82) is 0 Å². The number of carbonyl (C=O) groups is 1. The van der Waals surface area contributed by atoms with Gasteiger partial charge in [0.05, 0.1) is 13.0 Å². The first kappa shape index (κ1) is 18.2. The maximum atomic E-state index is 11.0. The Balaban J connectivity index is 3.02. The quantitative estimate of drug-likeness (QED) is 0.239. The first-order chi connectivity index (χ1) is 9.31. The third kappa shape index (κ3) is 15.2. The molecule has 2 nitrogen and oxygen atoms in total. The Hall–Kier alpha value is -0.790. The SMILES string of the molecule is C=CCC(=O)OCCCCCCCCCCCCC. The van der Waals surface area contributed by atoms with Crippen molar-refractivity contribution in [2.75, 3.05) is 6.61 Å². The Morgan fingerprint density at radius 1 is 0.895 bits per heavy atom. The van der Waals surface area contributed by atoms with E-state index in [0.717, 1.165) is 6.42 Å². The Kier molecular flexibility index (Phi) is 14.6. The van der Waals surface area contributed by atoms with E-state index in [0.29, 0.717) is 13.0 Å². The van der Waals surface area contributed by atoms with E-state index in [1.807, 2.05) is 0 Å². The lowest BCUT2D eigenvalue weighted by Crippen LogP contribution is -2.04. The van der Waals surface area contributed by atoms with Gasteiger partial charge in [0.2, 0.25) is 0 Å². The van der Waals surface area contributed by atoms with Crippen molar-refractivity contribution in [1.82, 2.24) is 0 Å². The summed E-state index contributed by atoms with van der Waals surface area (Å²) in [5.74, 6) is -0.151.